The number of aromatic nitrogens is 2. The number of rotatable bonds is 5. The van der Waals surface area contributed by atoms with Gasteiger partial charge in [0.05, 0.1) is 0 Å². The van der Waals surface area contributed by atoms with Crippen molar-refractivity contribution in [2.24, 2.45) is 5.92 Å². The first-order valence-corrected chi connectivity index (χ1v) is 10.1. The van der Waals surface area contributed by atoms with E-state index in [1.54, 1.807) is 0 Å². The van der Waals surface area contributed by atoms with Gasteiger partial charge in [0.15, 0.2) is 0 Å². The zero-order valence-corrected chi connectivity index (χ0v) is 16.9. The molecule has 0 unspecified atom stereocenters. The van der Waals surface area contributed by atoms with Gasteiger partial charge < -0.3 is 14.6 Å². The van der Waals surface area contributed by atoms with E-state index < -0.39 is 0 Å². The molecule has 4 rings (SSSR count). The van der Waals surface area contributed by atoms with E-state index in [2.05, 4.69) is 52.5 Å². The second-order valence-corrected chi connectivity index (χ2v) is 7.65. The van der Waals surface area contributed by atoms with Crippen molar-refractivity contribution in [1.29, 1.82) is 0 Å². The predicted octanol–water partition coefficient (Wildman–Crippen LogP) is 3.89. The Bertz CT molecular complexity index is 976. The van der Waals surface area contributed by atoms with E-state index in [-0.39, 0.29) is 11.8 Å². The predicted molar refractivity (Wildman–Crippen MR) is 112 cm³/mol. The number of anilines is 1. The van der Waals surface area contributed by atoms with Crippen molar-refractivity contribution in [2.45, 2.75) is 33.2 Å². The minimum absolute atomic E-state index is 0.0225. The van der Waals surface area contributed by atoms with Crippen LogP contribution in [0.4, 0.5) is 6.01 Å². The Labute approximate surface area is 170 Å². The number of carbonyl (C=O) groups excluding carboxylic acids is 1. The van der Waals surface area contributed by atoms with Crippen LogP contribution in [0.25, 0.3) is 11.5 Å². The summed E-state index contributed by atoms with van der Waals surface area (Å²) < 4.78 is 5.83. The molecule has 1 aliphatic heterocycles. The van der Waals surface area contributed by atoms with Crippen LogP contribution in [0.1, 0.15) is 29.5 Å². The van der Waals surface area contributed by atoms with E-state index in [0.717, 1.165) is 37.1 Å². The normalized spacial score (nSPS) is 14.8. The maximum absolute atomic E-state index is 12.6. The number of nitrogens with zero attached hydrogens (tertiary/aromatic N) is 3. The van der Waals surface area contributed by atoms with Crippen LogP contribution in [0.2, 0.25) is 0 Å². The second kappa shape index (κ2) is 8.47. The smallest absolute Gasteiger partial charge is 0.318 e. The van der Waals surface area contributed by atoms with Crippen LogP contribution in [0, 0.1) is 19.8 Å². The zero-order valence-electron chi connectivity index (χ0n) is 16.9. The van der Waals surface area contributed by atoms with Crippen LogP contribution in [0.5, 0.6) is 0 Å². The maximum atomic E-state index is 12.6. The Kier molecular flexibility index (Phi) is 5.60. The molecule has 3 aromatic rings. The van der Waals surface area contributed by atoms with Crippen LogP contribution in [0.3, 0.4) is 0 Å². The van der Waals surface area contributed by atoms with Crippen molar-refractivity contribution in [3.63, 3.8) is 0 Å². The molecule has 0 bridgehead atoms. The van der Waals surface area contributed by atoms with E-state index in [9.17, 15) is 4.79 Å². The molecular weight excluding hydrogens is 364 g/mol. The summed E-state index contributed by atoms with van der Waals surface area (Å²) in [6, 6.07) is 16.6. The highest BCUT2D eigenvalue weighted by molar-refractivity contribution is 5.79. The van der Waals surface area contributed by atoms with E-state index in [1.165, 1.54) is 11.1 Å². The van der Waals surface area contributed by atoms with Crippen molar-refractivity contribution in [1.82, 2.24) is 15.5 Å². The van der Waals surface area contributed by atoms with Crippen molar-refractivity contribution < 1.29 is 9.21 Å². The highest BCUT2D eigenvalue weighted by Gasteiger charge is 2.27. The van der Waals surface area contributed by atoms with Gasteiger partial charge in [-0.2, -0.15) is 0 Å². The second-order valence-electron chi connectivity index (χ2n) is 7.65. The summed E-state index contributed by atoms with van der Waals surface area (Å²) in [6.45, 7) is 6.23. The van der Waals surface area contributed by atoms with E-state index in [4.69, 9.17) is 4.42 Å². The van der Waals surface area contributed by atoms with E-state index in [1.807, 2.05) is 30.3 Å². The maximum Gasteiger partial charge on any atom is 0.318 e. The lowest BCUT2D eigenvalue weighted by Crippen LogP contribution is -2.40. The molecule has 0 aliphatic carbocycles. The molecule has 0 radical (unpaired) electrons. The van der Waals surface area contributed by atoms with Gasteiger partial charge in [0, 0.05) is 31.1 Å². The molecule has 0 spiro atoms. The average Bonchev–Trinajstić information content (AvgIpc) is 3.25. The molecular formula is C23H26N4O2. The molecule has 0 saturated carbocycles. The third-order valence-electron chi connectivity index (χ3n) is 5.61. The van der Waals surface area contributed by atoms with Crippen molar-refractivity contribution in [2.75, 3.05) is 18.0 Å². The number of carbonyl (C=O) groups is 1. The first-order chi connectivity index (χ1) is 14.1. The fourth-order valence-electron chi connectivity index (χ4n) is 3.62. The van der Waals surface area contributed by atoms with Crippen LogP contribution >= 0.6 is 0 Å². The standard InChI is InChI=1S/C23H26N4O2/c1-16-8-9-18(14-17(16)2)15-24-21(28)19-10-12-27(13-11-19)23-26-25-22(29-23)20-6-4-3-5-7-20/h3-9,14,19H,10-13,15H2,1-2H3,(H,24,28). The molecule has 2 heterocycles. The summed E-state index contributed by atoms with van der Waals surface area (Å²) in [7, 11) is 0. The van der Waals surface area contributed by atoms with Gasteiger partial charge in [-0.05, 0) is 55.5 Å². The number of hydrogen-bond donors (Lipinski definition) is 1. The third-order valence-corrected chi connectivity index (χ3v) is 5.61. The number of hydrogen-bond acceptors (Lipinski definition) is 5. The number of nitrogens with one attached hydrogen (secondary N) is 1. The topological polar surface area (TPSA) is 71.3 Å². The van der Waals surface area contributed by atoms with Crippen molar-refractivity contribution in [3.05, 3.63) is 65.2 Å². The summed E-state index contributed by atoms with van der Waals surface area (Å²) in [6.07, 6.45) is 1.56. The summed E-state index contributed by atoms with van der Waals surface area (Å²) >= 11 is 0. The summed E-state index contributed by atoms with van der Waals surface area (Å²) in [5, 5.41) is 11.4. The van der Waals surface area contributed by atoms with Crippen LogP contribution in [-0.4, -0.2) is 29.2 Å². The molecule has 6 nitrogen and oxygen atoms in total. The molecule has 150 valence electrons. The van der Waals surface area contributed by atoms with Gasteiger partial charge in [0.2, 0.25) is 11.8 Å². The van der Waals surface area contributed by atoms with Gasteiger partial charge in [-0.1, -0.05) is 41.5 Å². The van der Waals surface area contributed by atoms with Crippen LogP contribution < -0.4 is 10.2 Å². The lowest BCUT2D eigenvalue weighted by molar-refractivity contribution is -0.125. The molecule has 1 aliphatic rings. The van der Waals surface area contributed by atoms with Gasteiger partial charge in [-0.25, -0.2) is 0 Å². The number of benzene rings is 2. The van der Waals surface area contributed by atoms with Gasteiger partial charge in [0.25, 0.3) is 0 Å². The Balaban J connectivity index is 1.29. The fourth-order valence-corrected chi connectivity index (χ4v) is 3.62. The molecule has 1 aromatic heterocycles. The molecule has 0 atom stereocenters. The highest BCUT2D eigenvalue weighted by atomic mass is 16.4. The number of piperidine rings is 1. The van der Waals surface area contributed by atoms with E-state index >= 15 is 0 Å². The van der Waals surface area contributed by atoms with Crippen molar-refractivity contribution in [3.8, 4) is 11.5 Å². The first-order valence-electron chi connectivity index (χ1n) is 10.1. The minimum Gasteiger partial charge on any atom is -0.403 e. The molecule has 2 aromatic carbocycles. The summed E-state index contributed by atoms with van der Waals surface area (Å²) in [5.41, 5.74) is 4.56. The highest BCUT2D eigenvalue weighted by Crippen LogP contribution is 2.26. The Morgan fingerprint density at radius 3 is 2.55 bits per heavy atom. The molecule has 1 N–H and O–H groups in total. The Hall–Kier alpha value is -3.15. The quantitative estimate of drug-likeness (QED) is 0.716. The Morgan fingerprint density at radius 1 is 1.07 bits per heavy atom. The SMILES string of the molecule is Cc1ccc(CNC(=O)C2CCN(c3nnc(-c4ccccc4)o3)CC2)cc1C. The summed E-state index contributed by atoms with van der Waals surface area (Å²) in [4.78, 5) is 14.6. The lowest BCUT2D eigenvalue weighted by Gasteiger charge is -2.29. The summed E-state index contributed by atoms with van der Waals surface area (Å²) in [5.74, 6) is 0.668. The van der Waals surface area contributed by atoms with Gasteiger partial charge in [-0.15, -0.1) is 5.10 Å². The largest absolute Gasteiger partial charge is 0.403 e. The zero-order chi connectivity index (χ0) is 20.2. The minimum atomic E-state index is 0.0225. The van der Waals surface area contributed by atoms with Crippen LogP contribution in [0.15, 0.2) is 52.9 Å². The van der Waals surface area contributed by atoms with Gasteiger partial charge in [-0.3, -0.25) is 4.79 Å². The number of amides is 1. The van der Waals surface area contributed by atoms with Gasteiger partial charge >= 0.3 is 6.01 Å². The third kappa shape index (κ3) is 4.47. The molecule has 29 heavy (non-hydrogen) atoms. The molecule has 1 saturated heterocycles. The average molecular weight is 390 g/mol. The first kappa shape index (κ1) is 19.2. The Morgan fingerprint density at radius 2 is 1.83 bits per heavy atom. The monoisotopic (exact) mass is 390 g/mol. The fraction of sp³-hybridized carbons (Fsp3) is 0.348. The number of aryl methyl sites for hydroxylation is 2. The van der Waals surface area contributed by atoms with Gasteiger partial charge in [0.1, 0.15) is 0 Å². The van der Waals surface area contributed by atoms with Crippen LogP contribution in [-0.2, 0) is 11.3 Å². The van der Waals surface area contributed by atoms with E-state index in [0.29, 0.717) is 18.5 Å². The lowest BCUT2D eigenvalue weighted by atomic mass is 9.96. The van der Waals surface area contributed by atoms with Crippen molar-refractivity contribution >= 4 is 11.9 Å². The molecule has 1 amide bonds. The molecule has 6 heteroatoms. The molecule has 1 fully saturated rings.